The summed E-state index contributed by atoms with van der Waals surface area (Å²) in [6.07, 6.45) is 1.79. The number of hydrogen-bond acceptors (Lipinski definition) is 4. The first-order chi connectivity index (χ1) is 10.9. The lowest BCUT2D eigenvalue weighted by Gasteiger charge is -2.37. The van der Waals surface area contributed by atoms with E-state index in [-0.39, 0.29) is 29.9 Å². The van der Waals surface area contributed by atoms with Gasteiger partial charge in [-0.2, -0.15) is 0 Å². The lowest BCUT2D eigenvalue weighted by molar-refractivity contribution is -0.128. The lowest BCUT2D eigenvalue weighted by atomic mass is 9.70. The fourth-order valence-corrected chi connectivity index (χ4v) is 7.96. The zero-order valence-corrected chi connectivity index (χ0v) is 16.6. The molecule has 0 spiro atoms. The van der Waals surface area contributed by atoms with E-state index in [1.165, 1.54) is 0 Å². The average Bonchev–Trinajstić information content (AvgIpc) is 2.91. The van der Waals surface area contributed by atoms with Crippen LogP contribution in [0.1, 0.15) is 33.1 Å². The van der Waals surface area contributed by atoms with E-state index in [1.807, 2.05) is 13.8 Å². The van der Waals surface area contributed by atoms with Gasteiger partial charge in [0.15, 0.2) is 0 Å². The Labute approximate surface area is 157 Å². The highest BCUT2D eigenvalue weighted by Crippen LogP contribution is 2.64. The standard InChI is InChI=1S/C15H20Cl3NO4S/c1-13(2)9-3-4-14(13,11(20)5-9)8-24(22,23)19-7-10(6-16)15(17,18)12(19)21/h9-10H,3-8H2,1-2H3/t9-,10?,14-/m1/s1. The number of nitrogens with zero attached hydrogens (tertiary/aromatic N) is 1. The molecule has 0 aromatic carbocycles. The number of Topliss-reactive ketones (excluding diaryl/α,β-unsaturated/α-hetero) is 1. The first-order valence-corrected chi connectivity index (χ1v) is 10.8. The third-order valence-corrected chi connectivity index (χ3v) is 9.66. The van der Waals surface area contributed by atoms with Gasteiger partial charge in [-0.05, 0) is 24.2 Å². The van der Waals surface area contributed by atoms with Gasteiger partial charge in [-0.1, -0.05) is 37.0 Å². The molecule has 0 N–H and O–H groups in total. The van der Waals surface area contributed by atoms with Gasteiger partial charge in [0, 0.05) is 24.8 Å². The molecule has 0 aromatic heterocycles. The fourth-order valence-electron chi connectivity index (χ4n) is 4.62. The summed E-state index contributed by atoms with van der Waals surface area (Å²) in [5, 5.41) is 0. The fraction of sp³-hybridized carbons (Fsp3) is 0.867. The second kappa shape index (κ2) is 5.48. The van der Waals surface area contributed by atoms with Gasteiger partial charge in [-0.15, -0.1) is 11.6 Å². The SMILES string of the molecule is CC1(C)[C@@H]2CC[C@@]1(CS(=O)(=O)N1CC(CCl)C(Cl)(Cl)C1=O)C(=O)C2. The smallest absolute Gasteiger partial charge is 0.272 e. The molecule has 24 heavy (non-hydrogen) atoms. The highest BCUT2D eigenvalue weighted by Gasteiger charge is 2.66. The summed E-state index contributed by atoms with van der Waals surface area (Å²) in [6.45, 7) is 3.75. The average molecular weight is 417 g/mol. The second-order valence-electron chi connectivity index (χ2n) is 7.73. The van der Waals surface area contributed by atoms with Crippen molar-refractivity contribution in [3.05, 3.63) is 0 Å². The first kappa shape index (κ1) is 18.7. The molecule has 1 saturated heterocycles. The maximum Gasteiger partial charge on any atom is 0.272 e. The highest BCUT2D eigenvalue weighted by atomic mass is 35.5. The first-order valence-electron chi connectivity index (χ1n) is 7.92. The highest BCUT2D eigenvalue weighted by molar-refractivity contribution is 7.89. The Kier molecular flexibility index (Phi) is 4.28. The maximum atomic E-state index is 13.0. The molecule has 1 amide bonds. The number of halogens is 3. The van der Waals surface area contributed by atoms with Gasteiger partial charge in [0.1, 0.15) is 5.78 Å². The third-order valence-electron chi connectivity index (χ3n) is 6.50. The number of carbonyl (C=O) groups is 2. The summed E-state index contributed by atoms with van der Waals surface area (Å²) in [6, 6.07) is 0. The number of alkyl halides is 3. The van der Waals surface area contributed by atoms with Crippen molar-refractivity contribution in [3.8, 4) is 0 Å². The molecule has 3 aliphatic rings. The predicted molar refractivity (Wildman–Crippen MR) is 92.7 cm³/mol. The van der Waals surface area contributed by atoms with E-state index in [2.05, 4.69) is 0 Å². The molecule has 5 nitrogen and oxygen atoms in total. The van der Waals surface area contributed by atoms with Crippen molar-refractivity contribution in [2.75, 3.05) is 18.2 Å². The Bertz CT molecular complexity index is 706. The summed E-state index contributed by atoms with van der Waals surface area (Å²) in [7, 11) is -4.02. The summed E-state index contributed by atoms with van der Waals surface area (Å²) in [5.74, 6) is -1.76. The topological polar surface area (TPSA) is 71.5 Å². The van der Waals surface area contributed by atoms with Gasteiger partial charge >= 0.3 is 0 Å². The lowest BCUT2D eigenvalue weighted by Crippen LogP contribution is -2.47. The van der Waals surface area contributed by atoms with Gasteiger partial charge in [0.2, 0.25) is 14.4 Å². The largest absolute Gasteiger partial charge is 0.299 e. The minimum Gasteiger partial charge on any atom is -0.299 e. The maximum absolute atomic E-state index is 13.0. The molecule has 3 atom stereocenters. The molecular formula is C15H20Cl3NO4S. The third kappa shape index (κ3) is 2.29. The van der Waals surface area contributed by atoms with E-state index >= 15 is 0 Å². The van der Waals surface area contributed by atoms with Crippen molar-refractivity contribution in [2.24, 2.45) is 22.7 Å². The molecule has 2 aliphatic carbocycles. The minimum absolute atomic E-state index is 0.0177. The number of sulfonamides is 1. The van der Waals surface area contributed by atoms with Crippen LogP contribution >= 0.6 is 34.8 Å². The van der Waals surface area contributed by atoms with E-state index in [0.29, 0.717) is 12.8 Å². The number of hydrogen-bond donors (Lipinski definition) is 0. The zero-order chi connectivity index (χ0) is 18.1. The van der Waals surface area contributed by atoms with E-state index in [0.717, 1.165) is 10.7 Å². The Balaban J connectivity index is 1.93. The normalized spacial score (nSPS) is 37.5. The van der Waals surface area contributed by atoms with Crippen molar-refractivity contribution in [3.63, 3.8) is 0 Å². The van der Waals surface area contributed by atoms with Gasteiger partial charge in [-0.3, -0.25) is 9.59 Å². The molecule has 1 aliphatic heterocycles. The van der Waals surface area contributed by atoms with Gasteiger partial charge in [0.05, 0.1) is 11.2 Å². The van der Waals surface area contributed by atoms with Crippen molar-refractivity contribution in [1.82, 2.24) is 4.31 Å². The van der Waals surface area contributed by atoms with Crippen LogP contribution in [0.3, 0.4) is 0 Å². The molecule has 3 fully saturated rings. The van der Waals surface area contributed by atoms with Crippen LogP contribution in [-0.2, 0) is 19.6 Å². The van der Waals surface area contributed by atoms with Crippen molar-refractivity contribution >= 4 is 56.5 Å². The Hall–Kier alpha value is -0.0400. The Morgan fingerprint density at radius 1 is 1.25 bits per heavy atom. The van der Waals surface area contributed by atoms with E-state index in [4.69, 9.17) is 34.8 Å². The number of amides is 1. The zero-order valence-electron chi connectivity index (χ0n) is 13.5. The molecule has 2 saturated carbocycles. The summed E-state index contributed by atoms with van der Waals surface area (Å²) in [4.78, 5) is 25.0. The molecule has 9 heteroatoms. The van der Waals surface area contributed by atoms with Gasteiger partial charge in [0.25, 0.3) is 5.91 Å². The number of carbonyl (C=O) groups excluding carboxylic acids is 2. The molecule has 0 radical (unpaired) electrons. The molecule has 136 valence electrons. The predicted octanol–water partition coefficient (Wildman–Crippen LogP) is 2.58. The van der Waals surface area contributed by atoms with Crippen LogP contribution in [-0.4, -0.2) is 46.9 Å². The second-order valence-corrected chi connectivity index (χ2v) is 11.3. The molecule has 2 bridgehead atoms. The van der Waals surface area contributed by atoms with Gasteiger partial charge in [-0.25, -0.2) is 12.7 Å². The van der Waals surface area contributed by atoms with Crippen LogP contribution in [0.4, 0.5) is 0 Å². The van der Waals surface area contributed by atoms with Crippen LogP contribution in [0.15, 0.2) is 0 Å². The molecule has 0 aromatic rings. The van der Waals surface area contributed by atoms with Crippen LogP contribution in [0.2, 0.25) is 0 Å². The summed E-state index contributed by atoms with van der Waals surface area (Å²) in [5.41, 5.74) is -1.33. The summed E-state index contributed by atoms with van der Waals surface area (Å²) >= 11 is 17.8. The minimum atomic E-state index is -4.02. The Morgan fingerprint density at radius 2 is 1.88 bits per heavy atom. The van der Waals surface area contributed by atoms with Crippen molar-refractivity contribution in [2.45, 2.75) is 37.4 Å². The number of ketones is 1. The Morgan fingerprint density at radius 3 is 2.29 bits per heavy atom. The molecule has 1 heterocycles. The van der Waals surface area contributed by atoms with Crippen molar-refractivity contribution in [1.29, 1.82) is 0 Å². The molecule has 1 unspecified atom stereocenters. The van der Waals surface area contributed by atoms with Crippen LogP contribution in [0, 0.1) is 22.7 Å². The van der Waals surface area contributed by atoms with E-state index in [9.17, 15) is 18.0 Å². The van der Waals surface area contributed by atoms with Crippen LogP contribution in [0.5, 0.6) is 0 Å². The van der Waals surface area contributed by atoms with Crippen LogP contribution in [0.25, 0.3) is 0 Å². The van der Waals surface area contributed by atoms with E-state index < -0.39 is 37.0 Å². The summed E-state index contributed by atoms with van der Waals surface area (Å²) < 4.78 is 24.8. The quantitative estimate of drug-likeness (QED) is 0.660. The van der Waals surface area contributed by atoms with Crippen molar-refractivity contribution < 1.29 is 18.0 Å². The van der Waals surface area contributed by atoms with Crippen LogP contribution < -0.4 is 0 Å². The van der Waals surface area contributed by atoms with E-state index in [1.54, 1.807) is 0 Å². The monoisotopic (exact) mass is 415 g/mol. The number of fused-ring (bicyclic) bond motifs is 2. The van der Waals surface area contributed by atoms with Gasteiger partial charge < -0.3 is 0 Å². The number of rotatable bonds is 4. The molecule has 3 rings (SSSR count). The molecular weight excluding hydrogens is 397 g/mol.